The van der Waals surface area contributed by atoms with Crippen LogP contribution in [0.15, 0.2) is 29.2 Å². The number of alkyl halides is 2. The molecule has 1 aromatic rings. The Hall–Kier alpha value is -1.49. The quantitative estimate of drug-likeness (QED) is 0.834. The number of benzene rings is 1. The minimum atomic E-state index is -4.01. The van der Waals surface area contributed by atoms with E-state index in [1.54, 1.807) is 6.07 Å². The van der Waals surface area contributed by atoms with Crippen molar-refractivity contribution in [1.29, 1.82) is 0 Å². The number of aliphatic hydroxyl groups is 1. The van der Waals surface area contributed by atoms with Crippen molar-refractivity contribution in [1.82, 2.24) is 4.31 Å². The number of aliphatic hydroxyl groups excluding tert-OH is 1. The Morgan fingerprint density at radius 3 is 2.60 bits per heavy atom. The van der Waals surface area contributed by atoms with E-state index in [4.69, 9.17) is 5.11 Å². The molecule has 1 rings (SSSR count). The van der Waals surface area contributed by atoms with E-state index >= 15 is 0 Å². The summed E-state index contributed by atoms with van der Waals surface area (Å²) in [4.78, 5) is -0.117. The van der Waals surface area contributed by atoms with Gasteiger partial charge in [0.05, 0.1) is 18.0 Å². The number of rotatable bonds is 5. The first-order valence-corrected chi connectivity index (χ1v) is 7.27. The molecule has 0 aromatic heterocycles. The molecule has 110 valence electrons. The summed E-state index contributed by atoms with van der Waals surface area (Å²) in [5.74, 6) is 5.24. The molecule has 0 aliphatic carbocycles. The lowest BCUT2D eigenvalue weighted by atomic mass is 10.2. The van der Waals surface area contributed by atoms with Crippen molar-refractivity contribution in [2.45, 2.75) is 17.7 Å². The molecular formula is C13H15F2NO3S. The van der Waals surface area contributed by atoms with Crippen LogP contribution in [0, 0.1) is 11.8 Å². The van der Waals surface area contributed by atoms with E-state index in [1.165, 1.54) is 18.2 Å². The Kier molecular flexibility index (Phi) is 6.07. The highest BCUT2D eigenvalue weighted by Gasteiger charge is 2.25. The van der Waals surface area contributed by atoms with Gasteiger partial charge in [0.1, 0.15) is 0 Å². The first-order valence-electron chi connectivity index (χ1n) is 5.83. The van der Waals surface area contributed by atoms with Crippen LogP contribution >= 0.6 is 0 Å². The zero-order valence-corrected chi connectivity index (χ0v) is 11.7. The smallest absolute Gasteiger partial charge is 0.252 e. The second kappa shape index (κ2) is 7.33. The van der Waals surface area contributed by atoms with Gasteiger partial charge in [0.25, 0.3) is 6.43 Å². The van der Waals surface area contributed by atoms with Crippen LogP contribution in [0.3, 0.4) is 0 Å². The van der Waals surface area contributed by atoms with Gasteiger partial charge in [0.2, 0.25) is 10.0 Å². The van der Waals surface area contributed by atoms with Gasteiger partial charge in [0, 0.05) is 19.0 Å². The van der Waals surface area contributed by atoms with Gasteiger partial charge in [-0.15, -0.1) is 0 Å². The second-order valence-corrected chi connectivity index (χ2v) is 5.96. The monoisotopic (exact) mass is 303 g/mol. The highest BCUT2D eigenvalue weighted by molar-refractivity contribution is 7.89. The Bertz CT molecular complexity index is 606. The van der Waals surface area contributed by atoms with Crippen LogP contribution in [-0.4, -0.2) is 44.5 Å². The predicted octanol–water partition coefficient (Wildman–Crippen LogP) is 1.31. The molecular weight excluding hydrogens is 288 g/mol. The van der Waals surface area contributed by atoms with Crippen LogP contribution in [0.4, 0.5) is 8.78 Å². The predicted molar refractivity (Wildman–Crippen MR) is 70.8 cm³/mol. The Morgan fingerprint density at radius 1 is 1.35 bits per heavy atom. The SMILES string of the molecule is CN(CC(F)F)S(=O)(=O)c1ccccc1C#CCCO. The normalized spacial score (nSPS) is 11.5. The van der Waals surface area contributed by atoms with Crippen molar-refractivity contribution in [3.8, 4) is 11.8 Å². The van der Waals surface area contributed by atoms with E-state index in [1.807, 2.05) is 0 Å². The van der Waals surface area contributed by atoms with Crippen LogP contribution in [0.1, 0.15) is 12.0 Å². The average molecular weight is 303 g/mol. The van der Waals surface area contributed by atoms with Crippen LogP contribution < -0.4 is 0 Å². The van der Waals surface area contributed by atoms with Crippen molar-refractivity contribution < 1.29 is 22.3 Å². The zero-order chi connectivity index (χ0) is 15.2. The van der Waals surface area contributed by atoms with E-state index in [0.29, 0.717) is 4.31 Å². The molecule has 1 aromatic carbocycles. The minimum absolute atomic E-state index is 0.117. The summed E-state index contributed by atoms with van der Waals surface area (Å²) in [7, 11) is -2.92. The molecule has 4 nitrogen and oxygen atoms in total. The van der Waals surface area contributed by atoms with Gasteiger partial charge in [-0.1, -0.05) is 24.0 Å². The molecule has 0 heterocycles. The fraction of sp³-hybridized carbons (Fsp3) is 0.385. The number of hydrogen-bond acceptors (Lipinski definition) is 3. The maximum Gasteiger partial charge on any atom is 0.252 e. The summed E-state index contributed by atoms with van der Waals surface area (Å²) < 4.78 is 49.6. The van der Waals surface area contributed by atoms with E-state index in [2.05, 4.69) is 11.8 Å². The van der Waals surface area contributed by atoms with Crippen molar-refractivity contribution in [3.05, 3.63) is 29.8 Å². The third-order valence-corrected chi connectivity index (χ3v) is 4.31. The molecule has 0 saturated heterocycles. The molecule has 0 fully saturated rings. The lowest BCUT2D eigenvalue weighted by Crippen LogP contribution is -2.31. The third kappa shape index (κ3) is 4.27. The summed E-state index contributed by atoms with van der Waals surface area (Å²) in [5, 5.41) is 8.65. The molecule has 0 aliphatic heterocycles. The van der Waals surface area contributed by atoms with E-state index in [9.17, 15) is 17.2 Å². The molecule has 0 atom stereocenters. The van der Waals surface area contributed by atoms with Gasteiger partial charge in [-0.3, -0.25) is 0 Å². The molecule has 0 saturated carbocycles. The molecule has 0 unspecified atom stereocenters. The van der Waals surface area contributed by atoms with Crippen molar-refractivity contribution >= 4 is 10.0 Å². The van der Waals surface area contributed by atoms with Crippen molar-refractivity contribution in [2.24, 2.45) is 0 Å². The lowest BCUT2D eigenvalue weighted by molar-refractivity contribution is 0.126. The summed E-state index contributed by atoms with van der Waals surface area (Å²) in [6.07, 6.45) is -2.54. The first-order chi connectivity index (χ1) is 9.39. The fourth-order valence-corrected chi connectivity index (χ4v) is 2.76. The Balaban J connectivity index is 3.16. The van der Waals surface area contributed by atoms with Gasteiger partial charge in [-0.05, 0) is 12.1 Å². The molecule has 1 N–H and O–H groups in total. The van der Waals surface area contributed by atoms with Gasteiger partial charge in [0.15, 0.2) is 0 Å². The molecule has 0 amide bonds. The van der Waals surface area contributed by atoms with Crippen molar-refractivity contribution in [2.75, 3.05) is 20.2 Å². The largest absolute Gasteiger partial charge is 0.395 e. The van der Waals surface area contributed by atoms with Crippen LogP contribution in [0.25, 0.3) is 0 Å². The minimum Gasteiger partial charge on any atom is -0.395 e. The van der Waals surface area contributed by atoms with E-state index in [-0.39, 0.29) is 23.5 Å². The molecule has 7 heteroatoms. The summed E-state index contributed by atoms with van der Waals surface area (Å²) >= 11 is 0. The van der Waals surface area contributed by atoms with Crippen LogP contribution in [0.2, 0.25) is 0 Å². The maximum absolute atomic E-state index is 12.3. The number of hydrogen-bond donors (Lipinski definition) is 1. The van der Waals surface area contributed by atoms with E-state index in [0.717, 1.165) is 7.05 Å². The number of halogens is 2. The molecule has 0 radical (unpaired) electrons. The topological polar surface area (TPSA) is 57.6 Å². The molecule has 0 bridgehead atoms. The van der Waals surface area contributed by atoms with Gasteiger partial charge < -0.3 is 5.11 Å². The maximum atomic E-state index is 12.3. The third-order valence-electron chi connectivity index (χ3n) is 2.43. The average Bonchev–Trinajstić information content (AvgIpc) is 2.38. The summed E-state index contributed by atoms with van der Waals surface area (Å²) in [5.41, 5.74) is 0.224. The highest BCUT2D eigenvalue weighted by atomic mass is 32.2. The second-order valence-electron chi connectivity index (χ2n) is 3.95. The molecule has 20 heavy (non-hydrogen) atoms. The highest BCUT2D eigenvalue weighted by Crippen LogP contribution is 2.19. The fourth-order valence-electron chi connectivity index (χ4n) is 1.47. The molecule has 0 aliphatic rings. The van der Waals surface area contributed by atoms with Crippen molar-refractivity contribution in [3.63, 3.8) is 0 Å². The number of nitrogens with zero attached hydrogens (tertiary/aromatic N) is 1. The van der Waals surface area contributed by atoms with E-state index < -0.39 is 23.0 Å². The van der Waals surface area contributed by atoms with Gasteiger partial charge >= 0.3 is 0 Å². The Morgan fingerprint density at radius 2 is 2.00 bits per heavy atom. The summed E-state index contributed by atoms with van der Waals surface area (Å²) in [6, 6.07) is 5.92. The van der Waals surface area contributed by atoms with Crippen LogP contribution in [-0.2, 0) is 10.0 Å². The number of sulfonamides is 1. The first kappa shape index (κ1) is 16.6. The standard InChI is InChI=1S/C13H15F2NO3S/c1-16(10-13(14)15)20(18,19)12-8-3-2-6-11(12)7-4-5-9-17/h2-3,6,8,13,17H,5,9-10H2,1H3. The van der Waals surface area contributed by atoms with Gasteiger partial charge in [-0.25, -0.2) is 17.2 Å². The Labute approximate surface area is 117 Å². The van der Waals surface area contributed by atoms with Crippen LogP contribution in [0.5, 0.6) is 0 Å². The summed E-state index contributed by atoms with van der Waals surface area (Å²) in [6.45, 7) is -1.01. The van der Waals surface area contributed by atoms with Gasteiger partial charge in [-0.2, -0.15) is 4.31 Å². The molecule has 0 spiro atoms. The lowest BCUT2D eigenvalue weighted by Gasteiger charge is -2.17. The zero-order valence-electron chi connectivity index (χ0n) is 10.9.